The SMILES string of the molecule is C=CCSCC(NC(=O)c1cc(OC)c(OC(C)=O)c(OC)c1)C(=O)OC. The molecule has 0 aromatic heterocycles. The minimum atomic E-state index is -0.836. The van der Waals surface area contributed by atoms with E-state index in [2.05, 4.69) is 11.9 Å². The van der Waals surface area contributed by atoms with Crippen molar-refractivity contribution in [2.24, 2.45) is 0 Å². The van der Waals surface area contributed by atoms with Crippen molar-refractivity contribution in [3.63, 3.8) is 0 Å². The summed E-state index contributed by atoms with van der Waals surface area (Å²) in [7, 11) is 3.98. The third-order valence-corrected chi connectivity index (χ3v) is 4.32. The van der Waals surface area contributed by atoms with Gasteiger partial charge >= 0.3 is 11.9 Å². The Hall–Kier alpha value is -2.68. The predicted octanol–water partition coefficient (Wildman–Crippen LogP) is 1.82. The van der Waals surface area contributed by atoms with E-state index in [1.54, 1.807) is 6.08 Å². The van der Waals surface area contributed by atoms with E-state index in [4.69, 9.17) is 18.9 Å². The van der Waals surface area contributed by atoms with Crippen LogP contribution in [-0.4, -0.2) is 56.7 Å². The molecule has 0 aliphatic rings. The molecule has 0 aliphatic carbocycles. The topological polar surface area (TPSA) is 100 Å². The van der Waals surface area contributed by atoms with Crippen molar-refractivity contribution in [3.8, 4) is 17.2 Å². The Morgan fingerprint density at radius 2 is 1.78 bits per heavy atom. The lowest BCUT2D eigenvalue weighted by atomic mass is 10.1. The Balaban J connectivity index is 3.11. The largest absolute Gasteiger partial charge is 0.493 e. The number of esters is 2. The summed E-state index contributed by atoms with van der Waals surface area (Å²) >= 11 is 1.43. The molecule has 1 atom stereocenters. The Morgan fingerprint density at radius 3 is 2.22 bits per heavy atom. The maximum absolute atomic E-state index is 12.6. The fourth-order valence-corrected chi connectivity index (χ4v) is 2.83. The normalized spacial score (nSPS) is 11.1. The molecular formula is C18H23NO7S. The van der Waals surface area contributed by atoms with Gasteiger partial charge in [-0.3, -0.25) is 9.59 Å². The first kappa shape index (κ1) is 22.4. The quantitative estimate of drug-likeness (QED) is 0.276. The van der Waals surface area contributed by atoms with Gasteiger partial charge in [0, 0.05) is 24.0 Å². The molecule has 1 N–H and O–H groups in total. The number of benzene rings is 1. The smallest absolute Gasteiger partial charge is 0.329 e. The van der Waals surface area contributed by atoms with E-state index >= 15 is 0 Å². The molecule has 0 radical (unpaired) electrons. The molecule has 0 bridgehead atoms. The molecule has 1 aromatic carbocycles. The lowest BCUT2D eigenvalue weighted by Crippen LogP contribution is -2.43. The summed E-state index contributed by atoms with van der Waals surface area (Å²) in [5, 5.41) is 2.62. The molecule has 0 aliphatic heterocycles. The van der Waals surface area contributed by atoms with Crippen molar-refractivity contribution in [2.45, 2.75) is 13.0 Å². The van der Waals surface area contributed by atoms with Gasteiger partial charge in [-0.05, 0) is 12.1 Å². The first-order valence-electron chi connectivity index (χ1n) is 7.89. The van der Waals surface area contributed by atoms with E-state index in [0.29, 0.717) is 11.5 Å². The lowest BCUT2D eigenvalue weighted by molar-refractivity contribution is -0.142. The second kappa shape index (κ2) is 11.1. The average molecular weight is 397 g/mol. The standard InChI is InChI=1S/C18H23NO7S/c1-6-7-27-10-13(18(22)25-5)19-17(21)12-8-14(23-3)16(26-11(2)20)15(9-12)24-4/h6,8-9,13H,1,7,10H2,2-5H3,(H,19,21). The molecule has 1 amide bonds. The molecule has 0 fully saturated rings. The zero-order valence-corrected chi connectivity index (χ0v) is 16.5. The van der Waals surface area contributed by atoms with E-state index < -0.39 is 23.9 Å². The third kappa shape index (κ3) is 6.52. The Kier molecular flexibility index (Phi) is 9.21. The average Bonchev–Trinajstić information content (AvgIpc) is 2.66. The summed E-state index contributed by atoms with van der Waals surface area (Å²) in [4.78, 5) is 35.8. The first-order chi connectivity index (χ1) is 12.9. The minimum absolute atomic E-state index is 0.0649. The van der Waals surface area contributed by atoms with Crippen LogP contribution in [0.25, 0.3) is 0 Å². The van der Waals surface area contributed by atoms with Gasteiger partial charge in [0.2, 0.25) is 5.75 Å². The highest BCUT2D eigenvalue weighted by Gasteiger charge is 2.24. The van der Waals surface area contributed by atoms with Crippen molar-refractivity contribution >= 4 is 29.6 Å². The molecule has 1 unspecified atom stereocenters. The zero-order chi connectivity index (χ0) is 20.4. The van der Waals surface area contributed by atoms with E-state index in [-0.39, 0.29) is 22.8 Å². The molecule has 0 heterocycles. The highest BCUT2D eigenvalue weighted by atomic mass is 32.2. The van der Waals surface area contributed by atoms with Crippen molar-refractivity contribution in [2.75, 3.05) is 32.8 Å². The molecule has 1 aromatic rings. The lowest BCUT2D eigenvalue weighted by Gasteiger charge is -2.18. The Bertz CT molecular complexity index is 680. The van der Waals surface area contributed by atoms with Gasteiger partial charge in [-0.2, -0.15) is 11.8 Å². The zero-order valence-electron chi connectivity index (χ0n) is 15.7. The summed E-state index contributed by atoms with van der Waals surface area (Å²) in [5.74, 6) is -0.350. The molecule has 27 heavy (non-hydrogen) atoms. The second-order valence-corrected chi connectivity index (χ2v) is 6.25. The van der Waals surface area contributed by atoms with Gasteiger partial charge in [0.1, 0.15) is 6.04 Å². The van der Waals surface area contributed by atoms with Gasteiger partial charge in [0.05, 0.1) is 21.3 Å². The van der Waals surface area contributed by atoms with E-state index in [1.807, 2.05) is 0 Å². The highest BCUT2D eigenvalue weighted by Crippen LogP contribution is 2.38. The number of hydrogen-bond donors (Lipinski definition) is 1. The van der Waals surface area contributed by atoms with Crippen LogP contribution in [-0.2, 0) is 14.3 Å². The molecular weight excluding hydrogens is 374 g/mol. The number of ether oxygens (including phenoxy) is 4. The number of methoxy groups -OCH3 is 3. The van der Waals surface area contributed by atoms with Crippen LogP contribution < -0.4 is 19.5 Å². The minimum Gasteiger partial charge on any atom is -0.493 e. The molecule has 0 saturated heterocycles. The number of thioether (sulfide) groups is 1. The summed E-state index contributed by atoms with van der Waals surface area (Å²) in [6.07, 6.45) is 1.70. The Labute approximate surface area is 162 Å². The van der Waals surface area contributed by atoms with E-state index in [0.717, 1.165) is 0 Å². The van der Waals surface area contributed by atoms with Gasteiger partial charge < -0.3 is 24.3 Å². The fraction of sp³-hybridized carbons (Fsp3) is 0.389. The summed E-state index contributed by atoms with van der Waals surface area (Å²) in [6, 6.07) is 1.94. The number of carbonyl (C=O) groups excluding carboxylic acids is 3. The van der Waals surface area contributed by atoms with Gasteiger partial charge in [-0.25, -0.2) is 4.79 Å². The van der Waals surface area contributed by atoms with Crippen LogP contribution >= 0.6 is 11.8 Å². The van der Waals surface area contributed by atoms with Gasteiger partial charge in [0.15, 0.2) is 11.5 Å². The highest BCUT2D eigenvalue weighted by molar-refractivity contribution is 7.99. The number of nitrogens with one attached hydrogen (secondary N) is 1. The van der Waals surface area contributed by atoms with Crippen LogP contribution in [0.1, 0.15) is 17.3 Å². The van der Waals surface area contributed by atoms with E-state index in [1.165, 1.54) is 52.1 Å². The molecule has 1 rings (SSSR count). The van der Waals surface area contributed by atoms with Crippen LogP contribution in [0.2, 0.25) is 0 Å². The molecule has 0 spiro atoms. The van der Waals surface area contributed by atoms with Crippen LogP contribution in [0.15, 0.2) is 24.8 Å². The van der Waals surface area contributed by atoms with Crippen molar-refractivity contribution < 1.29 is 33.3 Å². The molecule has 0 saturated carbocycles. The number of carbonyl (C=O) groups is 3. The van der Waals surface area contributed by atoms with Crippen LogP contribution in [0.3, 0.4) is 0 Å². The van der Waals surface area contributed by atoms with Crippen molar-refractivity contribution in [3.05, 3.63) is 30.4 Å². The Morgan fingerprint density at radius 1 is 1.19 bits per heavy atom. The number of rotatable bonds is 10. The maximum Gasteiger partial charge on any atom is 0.329 e. The van der Waals surface area contributed by atoms with Gasteiger partial charge in [-0.15, -0.1) is 6.58 Å². The molecule has 8 nitrogen and oxygen atoms in total. The third-order valence-electron chi connectivity index (χ3n) is 3.28. The summed E-state index contributed by atoms with van der Waals surface area (Å²) in [5.41, 5.74) is 0.169. The van der Waals surface area contributed by atoms with Crippen molar-refractivity contribution in [1.82, 2.24) is 5.32 Å². The predicted molar refractivity (Wildman–Crippen MR) is 102 cm³/mol. The first-order valence-corrected chi connectivity index (χ1v) is 9.05. The maximum atomic E-state index is 12.6. The second-order valence-electron chi connectivity index (χ2n) is 5.18. The van der Waals surface area contributed by atoms with Crippen LogP contribution in [0.5, 0.6) is 17.2 Å². The molecule has 148 valence electrons. The van der Waals surface area contributed by atoms with E-state index in [9.17, 15) is 14.4 Å². The number of hydrogen-bond acceptors (Lipinski definition) is 8. The van der Waals surface area contributed by atoms with Gasteiger partial charge in [0.25, 0.3) is 5.91 Å². The van der Waals surface area contributed by atoms with Crippen LogP contribution in [0, 0.1) is 0 Å². The number of amides is 1. The molecule has 9 heteroatoms. The fourth-order valence-electron chi connectivity index (χ4n) is 2.08. The summed E-state index contributed by atoms with van der Waals surface area (Å²) in [6.45, 7) is 4.85. The monoisotopic (exact) mass is 397 g/mol. The van der Waals surface area contributed by atoms with Gasteiger partial charge in [-0.1, -0.05) is 6.08 Å². The van der Waals surface area contributed by atoms with Crippen molar-refractivity contribution in [1.29, 1.82) is 0 Å². The van der Waals surface area contributed by atoms with Crippen LogP contribution in [0.4, 0.5) is 0 Å². The summed E-state index contributed by atoms with van der Waals surface area (Å²) < 4.78 is 20.2.